The second kappa shape index (κ2) is 7.09. The summed E-state index contributed by atoms with van der Waals surface area (Å²) < 4.78 is 11.3. The van der Waals surface area contributed by atoms with Crippen molar-refractivity contribution in [3.05, 3.63) is 59.2 Å². The molecule has 2 aromatic rings. The van der Waals surface area contributed by atoms with Crippen LogP contribution in [-0.4, -0.2) is 26.8 Å². The standard InChI is InChI=1S/C22H27NO2/c1-24-21-11-10-17-18(20-9-6-12-23-20)13-16(14-19(17)22(21)25-2)15-7-4-3-5-8-15/h3-5,7-8,10-11,16,18,20,23H,6,9,12-14H2,1-2H3/t16-,18-,20?/m1/s1. The van der Waals surface area contributed by atoms with Gasteiger partial charge in [-0.15, -0.1) is 0 Å². The van der Waals surface area contributed by atoms with Gasteiger partial charge in [-0.2, -0.15) is 0 Å². The van der Waals surface area contributed by atoms with Crippen LogP contribution in [0.1, 0.15) is 47.8 Å². The van der Waals surface area contributed by atoms with E-state index in [0.717, 1.165) is 24.5 Å². The summed E-state index contributed by atoms with van der Waals surface area (Å²) in [7, 11) is 3.48. The van der Waals surface area contributed by atoms with Crippen LogP contribution in [0.3, 0.4) is 0 Å². The summed E-state index contributed by atoms with van der Waals surface area (Å²) in [5.74, 6) is 2.83. The molecule has 0 aromatic heterocycles. The largest absolute Gasteiger partial charge is 0.493 e. The Morgan fingerprint density at radius 2 is 1.84 bits per heavy atom. The van der Waals surface area contributed by atoms with Crippen LogP contribution in [0, 0.1) is 0 Å². The van der Waals surface area contributed by atoms with Gasteiger partial charge in [-0.25, -0.2) is 0 Å². The van der Waals surface area contributed by atoms with Crippen molar-refractivity contribution < 1.29 is 9.47 Å². The van der Waals surface area contributed by atoms with E-state index in [9.17, 15) is 0 Å². The lowest BCUT2D eigenvalue weighted by molar-refractivity contribution is 0.340. The maximum absolute atomic E-state index is 5.78. The molecule has 1 fully saturated rings. The molecule has 2 aliphatic rings. The van der Waals surface area contributed by atoms with Gasteiger partial charge in [0.1, 0.15) is 0 Å². The van der Waals surface area contributed by atoms with E-state index in [0.29, 0.717) is 17.9 Å². The summed E-state index contributed by atoms with van der Waals surface area (Å²) in [5, 5.41) is 3.73. The Morgan fingerprint density at radius 1 is 1.00 bits per heavy atom. The number of rotatable bonds is 4. The number of fused-ring (bicyclic) bond motifs is 1. The molecule has 1 saturated heterocycles. The molecular weight excluding hydrogens is 310 g/mol. The van der Waals surface area contributed by atoms with E-state index >= 15 is 0 Å². The van der Waals surface area contributed by atoms with Gasteiger partial charge < -0.3 is 14.8 Å². The minimum atomic E-state index is 0.530. The average molecular weight is 337 g/mol. The van der Waals surface area contributed by atoms with Gasteiger partial charge in [-0.3, -0.25) is 0 Å². The smallest absolute Gasteiger partial charge is 0.164 e. The monoisotopic (exact) mass is 337 g/mol. The number of methoxy groups -OCH3 is 2. The van der Waals surface area contributed by atoms with Crippen molar-refractivity contribution in [1.82, 2.24) is 5.32 Å². The van der Waals surface area contributed by atoms with Gasteiger partial charge in [0.25, 0.3) is 0 Å². The zero-order valence-electron chi connectivity index (χ0n) is 15.1. The molecule has 3 heteroatoms. The molecule has 0 radical (unpaired) electrons. The van der Waals surface area contributed by atoms with Gasteiger partial charge in [0.2, 0.25) is 0 Å². The van der Waals surface area contributed by atoms with Gasteiger partial charge in [0, 0.05) is 17.5 Å². The summed E-state index contributed by atoms with van der Waals surface area (Å²) >= 11 is 0. The summed E-state index contributed by atoms with van der Waals surface area (Å²) in [4.78, 5) is 0. The zero-order valence-corrected chi connectivity index (χ0v) is 15.1. The van der Waals surface area contributed by atoms with Gasteiger partial charge in [0.05, 0.1) is 14.2 Å². The van der Waals surface area contributed by atoms with Crippen molar-refractivity contribution in [3.8, 4) is 11.5 Å². The van der Waals surface area contributed by atoms with Crippen molar-refractivity contribution >= 4 is 0 Å². The molecule has 2 aromatic carbocycles. The third-order valence-electron chi connectivity index (χ3n) is 5.93. The number of hydrogen-bond donors (Lipinski definition) is 1. The second-order valence-corrected chi connectivity index (χ2v) is 7.23. The van der Waals surface area contributed by atoms with Crippen LogP contribution in [0.4, 0.5) is 0 Å². The molecule has 0 amide bonds. The van der Waals surface area contributed by atoms with Crippen LogP contribution >= 0.6 is 0 Å². The summed E-state index contributed by atoms with van der Waals surface area (Å²) in [6.45, 7) is 1.14. The van der Waals surface area contributed by atoms with Crippen molar-refractivity contribution in [3.63, 3.8) is 0 Å². The number of benzene rings is 2. The van der Waals surface area contributed by atoms with Crippen LogP contribution in [0.2, 0.25) is 0 Å². The molecule has 3 atom stereocenters. The molecule has 1 aliphatic heterocycles. The highest BCUT2D eigenvalue weighted by atomic mass is 16.5. The molecule has 0 saturated carbocycles. The maximum atomic E-state index is 5.78. The van der Waals surface area contributed by atoms with Crippen molar-refractivity contribution in [2.24, 2.45) is 0 Å². The first-order valence-corrected chi connectivity index (χ1v) is 9.34. The highest BCUT2D eigenvalue weighted by molar-refractivity contribution is 5.54. The fraction of sp³-hybridized carbons (Fsp3) is 0.455. The lowest BCUT2D eigenvalue weighted by Gasteiger charge is -2.36. The Kier molecular flexibility index (Phi) is 4.67. The first-order valence-electron chi connectivity index (χ1n) is 9.34. The zero-order chi connectivity index (χ0) is 17.2. The highest BCUT2D eigenvalue weighted by Crippen LogP contribution is 2.48. The van der Waals surface area contributed by atoms with Gasteiger partial charge in [-0.1, -0.05) is 36.4 Å². The minimum absolute atomic E-state index is 0.530. The molecule has 3 nitrogen and oxygen atoms in total. The fourth-order valence-electron chi connectivity index (χ4n) is 4.74. The summed E-state index contributed by atoms with van der Waals surface area (Å²) in [6, 6.07) is 15.8. The SMILES string of the molecule is COc1ccc2c(c1OC)C[C@H](c1ccccc1)C[C@H]2C1CCCN1. The molecule has 0 spiro atoms. The number of ether oxygens (including phenoxy) is 2. The Bertz CT molecular complexity index is 722. The van der Waals surface area contributed by atoms with Crippen molar-refractivity contribution in [1.29, 1.82) is 0 Å². The van der Waals surface area contributed by atoms with Crippen molar-refractivity contribution in [2.75, 3.05) is 20.8 Å². The maximum Gasteiger partial charge on any atom is 0.164 e. The molecule has 1 unspecified atom stereocenters. The fourth-order valence-corrected chi connectivity index (χ4v) is 4.74. The lowest BCUT2D eigenvalue weighted by Crippen LogP contribution is -2.33. The Morgan fingerprint density at radius 3 is 2.52 bits per heavy atom. The van der Waals surface area contributed by atoms with Gasteiger partial charge in [0.15, 0.2) is 11.5 Å². The lowest BCUT2D eigenvalue weighted by atomic mass is 9.71. The van der Waals surface area contributed by atoms with Crippen LogP contribution in [-0.2, 0) is 6.42 Å². The van der Waals surface area contributed by atoms with Crippen LogP contribution < -0.4 is 14.8 Å². The van der Waals surface area contributed by atoms with E-state index in [2.05, 4.69) is 47.8 Å². The molecule has 1 aliphatic carbocycles. The van der Waals surface area contributed by atoms with E-state index in [4.69, 9.17) is 9.47 Å². The third kappa shape index (κ3) is 3.02. The van der Waals surface area contributed by atoms with Crippen LogP contribution in [0.25, 0.3) is 0 Å². The quantitative estimate of drug-likeness (QED) is 0.904. The second-order valence-electron chi connectivity index (χ2n) is 7.23. The predicted octanol–water partition coefficient (Wildman–Crippen LogP) is 4.27. The topological polar surface area (TPSA) is 30.5 Å². The normalized spacial score (nSPS) is 25.4. The predicted molar refractivity (Wildman–Crippen MR) is 101 cm³/mol. The number of nitrogens with one attached hydrogen (secondary N) is 1. The molecular formula is C22H27NO2. The van der Waals surface area contributed by atoms with Crippen LogP contribution in [0.15, 0.2) is 42.5 Å². The Balaban J connectivity index is 1.79. The molecule has 25 heavy (non-hydrogen) atoms. The van der Waals surface area contributed by atoms with E-state index in [1.165, 1.54) is 36.0 Å². The molecule has 132 valence electrons. The molecule has 4 rings (SSSR count). The minimum Gasteiger partial charge on any atom is -0.493 e. The molecule has 1 N–H and O–H groups in total. The highest BCUT2D eigenvalue weighted by Gasteiger charge is 2.36. The Hall–Kier alpha value is -2.00. The van der Waals surface area contributed by atoms with E-state index in [1.54, 1.807) is 14.2 Å². The van der Waals surface area contributed by atoms with E-state index in [1.807, 2.05) is 0 Å². The van der Waals surface area contributed by atoms with E-state index in [-0.39, 0.29) is 0 Å². The summed E-state index contributed by atoms with van der Waals surface area (Å²) in [6.07, 6.45) is 4.76. The average Bonchev–Trinajstić information content (AvgIpc) is 3.21. The third-order valence-corrected chi connectivity index (χ3v) is 5.93. The first-order chi connectivity index (χ1) is 12.3. The van der Waals surface area contributed by atoms with E-state index < -0.39 is 0 Å². The first kappa shape index (κ1) is 16.5. The van der Waals surface area contributed by atoms with Crippen LogP contribution in [0.5, 0.6) is 11.5 Å². The van der Waals surface area contributed by atoms with Gasteiger partial charge >= 0.3 is 0 Å². The Labute approximate surface area is 150 Å². The molecule has 1 heterocycles. The number of hydrogen-bond acceptors (Lipinski definition) is 3. The molecule has 0 bridgehead atoms. The van der Waals surface area contributed by atoms with Crippen molar-refractivity contribution in [2.45, 2.75) is 43.6 Å². The van der Waals surface area contributed by atoms with Gasteiger partial charge in [-0.05, 0) is 55.3 Å². The summed E-state index contributed by atoms with van der Waals surface area (Å²) in [5.41, 5.74) is 4.21.